The summed E-state index contributed by atoms with van der Waals surface area (Å²) in [4.78, 5) is 2.34. The third-order valence-corrected chi connectivity index (χ3v) is 13.3. The van der Waals surface area contributed by atoms with Crippen molar-refractivity contribution in [2.45, 2.75) is 19.3 Å². The van der Waals surface area contributed by atoms with Crippen molar-refractivity contribution in [3.05, 3.63) is 236 Å². The highest BCUT2D eigenvalue weighted by molar-refractivity contribution is 6.19. The maximum absolute atomic E-state index is 6.38. The van der Waals surface area contributed by atoms with Crippen molar-refractivity contribution in [2.24, 2.45) is 0 Å². The summed E-state index contributed by atoms with van der Waals surface area (Å²) in [5.41, 5.74) is 20.2. The fraction of sp³-hybridized carbons (Fsp3) is 0.0492. The first kappa shape index (κ1) is 36.9. The van der Waals surface area contributed by atoms with E-state index in [9.17, 15) is 0 Å². The number of para-hydroxylation sites is 2. The Hall–Kier alpha value is -7.94. The van der Waals surface area contributed by atoms with Crippen LogP contribution in [0.2, 0.25) is 0 Å². The molecule has 1 aliphatic carbocycles. The quantitative estimate of drug-likeness (QED) is 0.160. The molecule has 11 aromatic rings. The Bertz CT molecular complexity index is 3490. The van der Waals surface area contributed by atoms with Crippen LogP contribution >= 0.6 is 0 Å². The Kier molecular flexibility index (Phi) is 8.55. The van der Waals surface area contributed by atoms with Crippen molar-refractivity contribution in [3.63, 3.8) is 0 Å². The largest absolute Gasteiger partial charge is 0.455 e. The van der Waals surface area contributed by atoms with Crippen molar-refractivity contribution in [1.29, 1.82) is 0 Å². The molecule has 1 heterocycles. The molecule has 0 atom stereocenters. The van der Waals surface area contributed by atoms with E-state index in [-0.39, 0.29) is 5.41 Å². The lowest BCUT2D eigenvalue weighted by molar-refractivity contribution is 0.661. The monoisotopic (exact) mass is 805 g/mol. The maximum atomic E-state index is 6.38. The van der Waals surface area contributed by atoms with Gasteiger partial charge in [0.25, 0.3) is 0 Å². The van der Waals surface area contributed by atoms with Crippen molar-refractivity contribution >= 4 is 49.8 Å². The zero-order valence-corrected chi connectivity index (χ0v) is 35.2. The fourth-order valence-corrected chi connectivity index (χ4v) is 9.99. The van der Waals surface area contributed by atoms with E-state index in [2.05, 4.69) is 237 Å². The average molecular weight is 806 g/mol. The third kappa shape index (κ3) is 6.17. The second kappa shape index (κ2) is 14.6. The molecule has 10 aromatic carbocycles. The van der Waals surface area contributed by atoms with Crippen molar-refractivity contribution in [3.8, 4) is 55.6 Å². The molecule has 12 rings (SSSR count). The Labute approximate surface area is 368 Å². The number of hydrogen-bond acceptors (Lipinski definition) is 2. The van der Waals surface area contributed by atoms with Gasteiger partial charge in [-0.25, -0.2) is 0 Å². The number of benzene rings is 10. The second-order valence-corrected chi connectivity index (χ2v) is 17.3. The minimum atomic E-state index is -0.107. The predicted octanol–water partition coefficient (Wildman–Crippen LogP) is 17.2. The van der Waals surface area contributed by atoms with Gasteiger partial charge in [-0.15, -0.1) is 0 Å². The van der Waals surface area contributed by atoms with Crippen LogP contribution in [0.4, 0.5) is 17.1 Å². The van der Waals surface area contributed by atoms with Crippen LogP contribution in [-0.4, -0.2) is 0 Å². The van der Waals surface area contributed by atoms with E-state index in [1.165, 1.54) is 72.1 Å². The molecule has 63 heavy (non-hydrogen) atoms. The predicted molar refractivity (Wildman–Crippen MR) is 265 cm³/mol. The Balaban J connectivity index is 0.835. The van der Waals surface area contributed by atoms with E-state index in [0.29, 0.717) is 0 Å². The molecular weight excluding hydrogens is 763 g/mol. The summed E-state index contributed by atoms with van der Waals surface area (Å²) in [5.74, 6) is 0. The molecule has 0 amide bonds. The molecule has 1 aromatic heterocycles. The minimum Gasteiger partial charge on any atom is -0.455 e. The second-order valence-electron chi connectivity index (χ2n) is 17.3. The van der Waals surface area contributed by atoms with E-state index >= 15 is 0 Å². The van der Waals surface area contributed by atoms with Gasteiger partial charge in [-0.1, -0.05) is 178 Å². The molecule has 0 unspecified atom stereocenters. The molecule has 0 N–H and O–H groups in total. The van der Waals surface area contributed by atoms with Crippen LogP contribution in [0, 0.1) is 0 Å². The van der Waals surface area contributed by atoms with Gasteiger partial charge in [0.2, 0.25) is 0 Å². The smallest absolute Gasteiger partial charge is 0.143 e. The number of furan rings is 1. The third-order valence-electron chi connectivity index (χ3n) is 13.3. The van der Waals surface area contributed by atoms with E-state index in [1.54, 1.807) is 0 Å². The summed E-state index contributed by atoms with van der Waals surface area (Å²) >= 11 is 0. The molecule has 0 fully saturated rings. The zero-order chi connectivity index (χ0) is 42.1. The minimum absolute atomic E-state index is 0.107. The van der Waals surface area contributed by atoms with Crippen LogP contribution in [0.1, 0.15) is 25.0 Å². The highest BCUT2D eigenvalue weighted by Gasteiger charge is 2.36. The molecule has 1 aliphatic rings. The van der Waals surface area contributed by atoms with Crippen LogP contribution in [0.25, 0.3) is 88.3 Å². The first-order valence-corrected chi connectivity index (χ1v) is 21.8. The van der Waals surface area contributed by atoms with Gasteiger partial charge in [0, 0.05) is 38.6 Å². The Morgan fingerprint density at radius 3 is 1.35 bits per heavy atom. The maximum Gasteiger partial charge on any atom is 0.143 e. The molecular formula is C61H43NO. The summed E-state index contributed by atoms with van der Waals surface area (Å²) in [6.45, 7) is 4.73. The molecule has 298 valence electrons. The molecule has 0 saturated heterocycles. The van der Waals surface area contributed by atoms with Crippen molar-refractivity contribution in [2.75, 3.05) is 4.90 Å². The zero-order valence-electron chi connectivity index (χ0n) is 35.2. The van der Waals surface area contributed by atoms with E-state index in [0.717, 1.165) is 44.4 Å². The van der Waals surface area contributed by atoms with Gasteiger partial charge in [0.1, 0.15) is 11.2 Å². The van der Waals surface area contributed by atoms with Crippen LogP contribution in [0.15, 0.2) is 229 Å². The van der Waals surface area contributed by atoms with Gasteiger partial charge < -0.3 is 9.32 Å². The molecule has 0 aliphatic heterocycles. The number of fused-ring (bicyclic) bond motifs is 8. The molecule has 0 radical (unpaired) electrons. The summed E-state index contributed by atoms with van der Waals surface area (Å²) in [6, 6.07) is 81.5. The summed E-state index contributed by atoms with van der Waals surface area (Å²) in [5, 5.41) is 4.61. The van der Waals surface area contributed by atoms with Gasteiger partial charge >= 0.3 is 0 Å². The lowest BCUT2D eigenvalue weighted by Crippen LogP contribution is -2.15. The highest BCUT2D eigenvalue weighted by Crippen LogP contribution is 2.51. The standard InChI is InChI=1S/C61H43NO/c1-61(2)57-37-45(40-13-5-3-6-14-40)29-35-51(57)52-36-30-46(38-58(52)61)43-27-33-49(34-28-43)62(47-15-7-4-8-16-47)48-31-25-42(26-32-48)41-21-23-44(24-22-41)55-39-56-53-18-11-12-20-59(53)63-60(56)54-19-10-9-17-50(54)55/h3-39H,1-2H3. The van der Waals surface area contributed by atoms with E-state index in [4.69, 9.17) is 4.42 Å². The van der Waals surface area contributed by atoms with Crippen LogP contribution in [0.5, 0.6) is 0 Å². The van der Waals surface area contributed by atoms with Gasteiger partial charge in [-0.2, -0.15) is 0 Å². The SMILES string of the molecule is CC1(C)c2cc(-c3ccccc3)ccc2-c2ccc(-c3ccc(N(c4ccccc4)c4ccc(-c5ccc(-c6cc7c8ccccc8oc7c7ccccc67)cc5)cc4)cc3)cc21. The van der Waals surface area contributed by atoms with Crippen LogP contribution in [0.3, 0.4) is 0 Å². The Morgan fingerprint density at radius 2 is 0.746 bits per heavy atom. The normalized spacial score (nSPS) is 12.7. The Morgan fingerprint density at radius 1 is 0.317 bits per heavy atom. The first-order chi connectivity index (χ1) is 31.0. The average Bonchev–Trinajstić information content (AvgIpc) is 3.84. The molecule has 2 nitrogen and oxygen atoms in total. The number of rotatable bonds is 7. The summed E-state index contributed by atoms with van der Waals surface area (Å²) in [6.07, 6.45) is 0. The van der Waals surface area contributed by atoms with E-state index < -0.39 is 0 Å². The van der Waals surface area contributed by atoms with Gasteiger partial charge in [0.05, 0.1) is 0 Å². The first-order valence-electron chi connectivity index (χ1n) is 21.8. The molecule has 0 spiro atoms. The van der Waals surface area contributed by atoms with Gasteiger partial charge in [-0.3, -0.25) is 0 Å². The lowest BCUT2D eigenvalue weighted by Gasteiger charge is -2.26. The number of nitrogens with zero attached hydrogens (tertiary/aromatic N) is 1. The van der Waals surface area contributed by atoms with Crippen LogP contribution < -0.4 is 4.90 Å². The molecule has 0 saturated carbocycles. The van der Waals surface area contributed by atoms with Crippen molar-refractivity contribution in [1.82, 2.24) is 0 Å². The van der Waals surface area contributed by atoms with Crippen LogP contribution in [-0.2, 0) is 5.41 Å². The van der Waals surface area contributed by atoms with Crippen molar-refractivity contribution < 1.29 is 4.42 Å². The topological polar surface area (TPSA) is 16.4 Å². The summed E-state index contributed by atoms with van der Waals surface area (Å²) in [7, 11) is 0. The highest BCUT2D eigenvalue weighted by atomic mass is 16.3. The lowest BCUT2D eigenvalue weighted by atomic mass is 9.81. The molecule has 0 bridgehead atoms. The summed E-state index contributed by atoms with van der Waals surface area (Å²) < 4.78 is 6.38. The van der Waals surface area contributed by atoms with E-state index in [1.807, 2.05) is 6.07 Å². The van der Waals surface area contributed by atoms with Gasteiger partial charge in [-0.05, 0) is 133 Å². The number of hydrogen-bond donors (Lipinski definition) is 0. The van der Waals surface area contributed by atoms with Gasteiger partial charge in [0.15, 0.2) is 0 Å². The fourth-order valence-electron chi connectivity index (χ4n) is 9.99. The number of anilines is 3. The molecule has 2 heteroatoms.